The average molecular weight is 355 g/mol. The highest BCUT2D eigenvalue weighted by Gasteiger charge is 2.33. The summed E-state index contributed by atoms with van der Waals surface area (Å²) in [4.78, 5) is 14.0. The van der Waals surface area contributed by atoms with Crippen LogP contribution in [0.2, 0.25) is 0 Å². The average Bonchev–Trinajstić information content (AvgIpc) is 2.52. The van der Waals surface area contributed by atoms with Gasteiger partial charge in [-0.1, -0.05) is 18.7 Å². The zero-order valence-electron chi connectivity index (χ0n) is 14.8. The first-order valence-electron chi connectivity index (χ1n) is 8.33. The summed E-state index contributed by atoms with van der Waals surface area (Å²) in [5, 5.41) is 0. The number of hydrogen-bond donors (Lipinski definition) is 0. The van der Waals surface area contributed by atoms with Crippen LogP contribution in [0.4, 0.5) is 18.9 Å². The predicted molar refractivity (Wildman–Crippen MR) is 92.3 cm³/mol. The van der Waals surface area contributed by atoms with Crippen molar-refractivity contribution in [3.63, 3.8) is 0 Å². The van der Waals surface area contributed by atoms with Gasteiger partial charge in [0.15, 0.2) is 0 Å². The van der Waals surface area contributed by atoms with Gasteiger partial charge < -0.3 is 9.64 Å². The molecule has 2 rings (SSSR count). The summed E-state index contributed by atoms with van der Waals surface area (Å²) in [6.45, 7) is 10.1. The molecule has 0 amide bonds. The van der Waals surface area contributed by atoms with Crippen molar-refractivity contribution in [3.05, 3.63) is 35.9 Å². The largest absolute Gasteiger partial charge is 0.460 e. The zero-order chi connectivity index (χ0) is 18.8. The van der Waals surface area contributed by atoms with Crippen molar-refractivity contribution < 1.29 is 22.7 Å². The fourth-order valence-electron chi connectivity index (χ4n) is 2.91. The van der Waals surface area contributed by atoms with Crippen molar-refractivity contribution in [2.24, 2.45) is 5.92 Å². The Morgan fingerprint density at radius 3 is 2.32 bits per heavy atom. The van der Waals surface area contributed by atoms with Crippen molar-refractivity contribution in [1.82, 2.24) is 0 Å². The minimum Gasteiger partial charge on any atom is -0.460 e. The lowest BCUT2D eigenvalue weighted by molar-refractivity contribution is -0.160. The van der Waals surface area contributed by atoms with Crippen molar-refractivity contribution >= 4 is 17.7 Å². The van der Waals surface area contributed by atoms with Crippen LogP contribution in [-0.2, 0) is 15.7 Å². The van der Waals surface area contributed by atoms with Crippen LogP contribution in [0.25, 0.3) is 6.08 Å². The molecule has 1 aliphatic rings. The van der Waals surface area contributed by atoms with Crippen molar-refractivity contribution in [3.8, 4) is 0 Å². The van der Waals surface area contributed by atoms with Gasteiger partial charge in [0.1, 0.15) is 5.60 Å². The Bertz CT molecular complexity index is 639. The Labute approximate surface area is 146 Å². The van der Waals surface area contributed by atoms with E-state index in [0.29, 0.717) is 37.2 Å². The molecule has 0 radical (unpaired) electrons. The molecule has 138 valence electrons. The maximum Gasteiger partial charge on any atom is 0.416 e. The van der Waals surface area contributed by atoms with Gasteiger partial charge in [0.25, 0.3) is 0 Å². The van der Waals surface area contributed by atoms with E-state index in [0.717, 1.165) is 12.1 Å². The van der Waals surface area contributed by atoms with Gasteiger partial charge in [-0.25, -0.2) is 0 Å². The van der Waals surface area contributed by atoms with Gasteiger partial charge in [-0.3, -0.25) is 4.79 Å². The van der Waals surface area contributed by atoms with Crippen molar-refractivity contribution in [1.29, 1.82) is 0 Å². The van der Waals surface area contributed by atoms with Gasteiger partial charge in [-0.2, -0.15) is 13.2 Å². The smallest absolute Gasteiger partial charge is 0.416 e. The Kier molecular flexibility index (Phi) is 5.49. The number of piperidine rings is 1. The van der Waals surface area contributed by atoms with Gasteiger partial charge in [0, 0.05) is 18.8 Å². The second-order valence-electron chi connectivity index (χ2n) is 7.27. The maximum atomic E-state index is 13.0. The van der Waals surface area contributed by atoms with Gasteiger partial charge in [0.2, 0.25) is 0 Å². The van der Waals surface area contributed by atoms with Gasteiger partial charge in [0.05, 0.1) is 11.5 Å². The third-order valence-electron chi connectivity index (χ3n) is 4.15. The quantitative estimate of drug-likeness (QED) is 0.722. The molecule has 0 spiro atoms. The molecular formula is C19H24F3NO2. The summed E-state index contributed by atoms with van der Waals surface area (Å²) >= 11 is 0. The number of ether oxygens (including phenoxy) is 1. The topological polar surface area (TPSA) is 29.5 Å². The molecule has 1 aromatic rings. The van der Waals surface area contributed by atoms with Crippen LogP contribution in [-0.4, -0.2) is 24.7 Å². The number of alkyl halides is 3. The van der Waals surface area contributed by atoms with Crippen LogP contribution < -0.4 is 4.90 Å². The van der Waals surface area contributed by atoms with Crippen LogP contribution in [0, 0.1) is 5.92 Å². The lowest BCUT2D eigenvalue weighted by Gasteiger charge is -2.35. The number of benzene rings is 1. The lowest BCUT2D eigenvalue weighted by atomic mass is 9.95. The Balaban J connectivity index is 2.12. The molecule has 0 saturated carbocycles. The molecule has 1 fully saturated rings. The minimum absolute atomic E-state index is 0.214. The lowest BCUT2D eigenvalue weighted by Crippen LogP contribution is -2.39. The maximum absolute atomic E-state index is 13.0. The number of halogens is 3. The first kappa shape index (κ1) is 19.3. The molecule has 0 unspecified atom stereocenters. The zero-order valence-corrected chi connectivity index (χ0v) is 14.8. The molecule has 25 heavy (non-hydrogen) atoms. The molecule has 0 bridgehead atoms. The summed E-state index contributed by atoms with van der Waals surface area (Å²) in [7, 11) is 0. The molecule has 3 nitrogen and oxygen atoms in total. The molecule has 0 atom stereocenters. The molecule has 1 aliphatic heterocycles. The summed E-state index contributed by atoms with van der Waals surface area (Å²) < 4.78 is 44.4. The Morgan fingerprint density at radius 2 is 1.84 bits per heavy atom. The third-order valence-corrected chi connectivity index (χ3v) is 4.15. The van der Waals surface area contributed by atoms with Gasteiger partial charge in [-0.05, 0) is 51.3 Å². The number of hydrogen-bond acceptors (Lipinski definition) is 3. The number of rotatable bonds is 3. The van der Waals surface area contributed by atoms with E-state index >= 15 is 0 Å². The van der Waals surface area contributed by atoms with Crippen molar-refractivity contribution in [2.75, 3.05) is 18.0 Å². The highest BCUT2D eigenvalue weighted by atomic mass is 19.4. The monoisotopic (exact) mass is 355 g/mol. The summed E-state index contributed by atoms with van der Waals surface area (Å²) in [6.07, 6.45) is -1.72. The third kappa shape index (κ3) is 5.00. The van der Waals surface area contributed by atoms with E-state index in [2.05, 4.69) is 6.58 Å². The van der Waals surface area contributed by atoms with Gasteiger partial charge >= 0.3 is 12.1 Å². The summed E-state index contributed by atoms with van der Waals surface area (Å²) in [5.74, 6) is -0.450. The predicted octanol–water partition coefficient (Wildman–Crippen LogP) is 4.91. The molecule has 1 heterocycles. The normalized spacial score (nSPS) is 16.6. The molecule has 0 aliphatic carbocycles. The number of carbonyl (C=O) groups excluding carboxylic acids is 1. The van der Waals surface area contributed by atoms with Crippen LogP contribution in [0.5, 0.6) is 0 Å². The van der Waals surface area contributed by atoms with E-state index in [9.17, 15) is 18.0 Å². The highest BCUT2D eigenvalue weighted by molar-refractivity contribution is 5.74. The first-order valence-corrected chi connectivity index (χ1v) is 8.33. The molecular weight excluding hydrogens is 331 g/mol. The van der Waals surface area contributed by atoms with Crippen LogP contribution >= 0.6 is 0 Å². The van der Waals surface area contributed by atoms with Crippen LogP contribution in [0.3, 0.4) is 0 Å². The van der Waals surface area contributed by atoms with E-state index in [-0.39, 0.29) is 11.9 Å². The SMILES string of the molecule is C=Cc1ccc(C(F)(F)F)cc1N1CCC(C(=O)OC(C)(C)C)CC1. The van der Waals surface area contributed by atoms with E-state index in [1.54, 1.807) is 6.08 Å². The summed E-state index contributed by atoms with van der Waals surface area (Å²) in [6, 6.07) is 3.66. The summed E-state index contributed by atoms with van der Waals surface area (Å²) in [5.41, 5.74) is -0.0517. The standard InChI is InChI=1S/C19H24F3NO2/c1-5-13-6-7-15(19(20,21)22)12-16(13)23-10-8-14(9-11-23)17(24)25-18(2,3)4/h5-7,12,14H,1,8-11H2,2-4H3. The molecule has 0 aromatic heterocycles. The number of carbonyl (C=O) groups is 1. The number of esters is 1. The van der Waals surface area contributed by atoms with E-state index in [1.807, 2.05) is 25.7 Å². The van der Waals surface area contributed by atoms with Gasteiger partial charge in [-0.15, -0.1) is 0 Å². The molecule has 1 aromatic carbocycles. The van der Waals surface area contributed by atoms with E-state index < -0.39 is 17.3 Å². The first-order chi connectivity index (χ1) is 11.5. The number of anilines is 1. The second kappa shape index (κ2) is 7.10. The minimum atomic E-state index is -4.39. The Morgan fingerprint density at radius 1 is 1.24 bits per heavy atom. The molecule has 0 N–H and O–H groups in total. The van der Waals surface area contributed by atoms with E-state index in [4.69, 9.17) is 4.74 Å². The Hall–Kier alpha value is -1.98. The number of nitrogens with zero attached hydrogens (tertiary/aromatic N) is 1. The van der Waals surface area contributed by atoms with Crippen molar-refractivity contribution in [2.45, 2.75) is 45.4 Å². The fourth-order valence-corrected chi connectivity index (χ4v) is 2.91. The highest BCUT2D eigenvalue weighted by Crippen LogP contribution is 2.35. The fraction of sp³-hybridized carbons (Fsp3) is 0.526. The molecule has 1 saturated heterocycles. The van der Waals surface area contributed by atoms with Crippen LogP contribution in [0.1, 0.15) is 44.7 Å². The van der Waals surface area contributed by atoms with E-state index in [1.165, 1.54) is 6.07 Å². The molecule has 6 heteroatoms. The second-order valence-corrected chi connectivity index (χ2v) is 7.27. The van der Waals surface area contributed by atoms with Crippen LogP contribution in [0.15, 0.2) is 24.8 Å².